The minimum absolute atomic E-state index is 0.228. The van der Waals surface area contributed by atoms with Crippen molar-refractivity contribution in [2.75, 3.05) is 0 Å². The van der Waals surface area contributed by atoms with Gasteiger partial charge in [0.1, 0.15) is 5.75 Å². The van der Waals surface area contributed by atoms with Gasteiger partial charge in [0, 0.05) is 43.3 Å². The first-order chi connectivity index (χ1) is 18.1. The van der Waals surface area contributed by atoms with Gasteiger partial charge in [-0.25, -0.2) is 9.54 Å². The van der Waals surface area contributed by atoms with Gasteiger partial charge in [-0.2, -0.15) is 0 Å². The van der Waals surface area contributed by atoms with E-state index in [9.17, 15) is 9.90 Å². The summed E-state index contributed by atoms with van der Waals surface area (Å²) in [6.07, 6.45) is 0. The maximum Gasteiger partial charge on any atom is 0.335 e. The van der Waals surface area contributed by atoms with Crippen LogP contribution in [0.3, 0.4) is 0 Å². The Balaban J connectivity index is 1.82. The van der Waals surface area contributed by atoms with Crippen molar-refractivity contribution in [1.29, 1.82) is 0 Å². The van der Waals surface area contributed by atoms with Crippen LogP contribution in [0.4, 0.5) is 5.69 Å². The Labute approximate surface area is 231 Å². The van der Waals surface area contributed by atoms with Crippen LogP contribution in [0.15, 0.2) is 100 Å². The normalized spacial score (nSPS) is 13.4. The fourth-order valence-electron chi connectivity index (χ4n) is 4.86. The maximum atomic E-state index is 11.5. The number of carboxylic acid groups (broad SMARTS) is 1. The lowest BCUT2D eigenvalue weighted by Gasteiger charge is -2.37. The molecular formula is C31H30BrN2O3P. The summed E-state index contributed by atoms with van der Waals surface area (Å²) in [5.74, 6) is -0.226. The molecule has 5 nitrogen and oxygen atoms in total. The molecule has 1 N–H and O–H groups in total. The lowest BCUT2D eigenvalue weighted by Crippen LogP contribution is -2.27. The van der Waals surface area contributed by atoms with E-state index < -0.39 is 13.3 Å². The van der Waals surface area contributed by atoms with E-state index in [1.165, 1.54) is 21.8 Å². The van der Waals surface area contributed by atoms with Gasteiger partial charge in [-0.15, -0.1) is 0 Å². The van der Waals surface area contributed by atoms with E-state index in [-0.39, 0.29) is 10.7 Å². The summed E-state index contributed by atoms with van der Waals surface area (Å²) in [7, 11) is -2.76. The quantitative estimate of drug-likeness (QED) is 0.201. The first-order valence-electron chi connectivity index (χ1n) is 12.6. The number of aromatic nitrogens is 1. The number of rotatable bonds is 6. The highest BCUT2D eigenvalue weighted by atomic mass is 79.9. The van der Waals surface area contributed by atoms with Crippen molar-refractivity contribution < 1.29 is 14.4 Å². The van der Waals surface area contributed by atoms with Crippen LogP contribution in [0, 0.1) is 0 Å². The molecule has 5 rings (SSSR count). The van der Waals surface area contributed by atoms with Crippen LogP contribution in [-0.4, -0.2) is 20.8 Å². The van der Waals surface area contributed by atoms with Gasteiger partial charge in [-0.3, -0.25) is 0 Å². The van der Waals surface area contributed by atoms with Crippen LogP contribution < -0.4 is 9.83 Å². The average molecular weight is 589 g/mol. The van der Waals surface area contributed by atoms with E-state index in [1.54, 1.807) is 24.3 Å². The summed E-state index contributed by atoms with van der Waals surface area (Å²) in [5.41, 5.74) is 3.30. The van der Waals surface area contributed by atoms with Gasteiger partial charge in [0.15, 0.2) is 7.28 Å². The molecule has 4 aromatic carbocycles. The number of aromatic carboxylic acids is 1. The Morgan fingerprint density at radius 2 is 1.58 bits per heavy atom. The second kappa shape index (κ2) is 10.1. The fourth-order valence-corrected chi connectivity index (χ4v) is 8.20. The van der Waals surface area contributed by atoms with Crippen LogP contribution in [0.5, 0.6) is 5.75 Å². The number of nitrogens with zero attached hydrogens (tertiary/aromatic N) is 2. The summed E-state index contributed by atoms with van der Waals surface area (Å²) in [6, 6.07) is 29.6. The van der Waals surface area contributed by atoms with Gasteiger partial charge in [0.2, 0.25) is 0 Å². The molecular weight excluding hydrogens is 559 g/mol. The van der Waals surface area contributed by atoms with Gasteiger partial charge in [-0.05, 0) is 79.7 Å². The molecule has 0 bridgehead atoms. The summed E-state index contributed by atoms with van der Waals surface area (Å²) in [5, 5.41) is 12.4. The van der Waals surface area contributed by atoms with Crippen molar-refractivity contribution in [3.05, 3.63) is 101 Å². The molecule has 1 heterocycles. The summed E-state index contributed by atoms with van der Waals surface area (Å²) >= 11 is 3.52. The van der Waals surface area contributed by atoms with Gasteiger partial charge >= 0.3 is 5.97 Å². The molecule has 0 aliphatic rings. The van der Waals surface area contributed by atoms with Crippen LogP contribution in [0.25, 0.3) is 21.8 Å². The van der Waals surface area contributed by atoms with E-state index in [1.807, 2.05) is 24.3 Å². The number of para-hydroxylation sites is 1. The topological polar surface area (TPSA) is 63.8 Å². The number of hydrogen-bond donors (Lipinski definition) is 1. The van der Waals surface area contributed by atoms with Gasteiger partial charge in [0.25, 0.3) is 0 Å². The first kappa shape index (κ1) is 26.3. The zero-order valence-electron chi connectivity index (χ0n) is 21.9. The second-order valence-electron chi connectivity index (χ2n) is 10.2. The lowest BCUT2D eigenvalue weighted by atomic mass is 10.1. The summed E-state index contributed by atoms with van der Waals surface area (Å²) in [6.45, 7) is 9.52. The molecule has 0 saturated carbocycles. The van der Waals surface area contributed by atoms with Crippen LogP contribution in [0.2, 0.25) is 0 Å². The molecule has 0 aliphatic heterocycles. The van der Waals surface area contributed by atoms with Crippen molar-refractivity contribution in [2.45, 2.75) is 39.4 Å². The number of aryl methyl sites for hydroxylation is 1. The van der Waals surface area contributed by atoms with E-state index in [4.69, 9.17) is 9.27 Å². The molecule has 0 spiro atoms. The van der Waals surface area contributed by atoms with Crippen molar-refractivity contribution in [2.24, 2.45) is 4.74 Å². The second-order valence-corrected chi connectivity index (χ2v) is 14.5. The molecule has 0 aliphatic carbocycles. The Morgan fingerprint density at radius 3 is 2.21 bits per heavy atom. The number of carboxylic acids is 1. The average Bonchev–Trinajstić information content (AvgIpc) is 3.22. The molecule has 0 unspecified atom stereocenters. The standard InChI is InChI=1S/C31H30BrN2O3P/c1-5-34-28-9-7-6-8-26(28)27-20-25(18-19-29(27)34)38(31(2,3)4,37-24-16-12-22(32)13-17-24)33-23-14-10-21(11-15-23)30(35)36/h6-20H,5H2,1-4H3,(H,35,36)/t38-/m0/s1. The van der Waals surface area contributed by atoms with Crippen molar-refractivity contribution in [3.8, 4) is 5.75 Å². The predicted molar refractivity (Wildman–Crippen MR) is 162 cm³/mol. The minimum atomic E-state index is -2.76. The molecule has 1 atom stereocenters. The van der Waals surface area contributed by atoms with E-state index in [2.05, 4.69) is 90.7 Å². The highest BCUT2D eigenvalue weighted by molar-refractivity contribution is 9.10. The number of carbonyl (C=O) groups is 1. The number of benzene rings is 4. The highest BCUT2D eigenvalue weighted by Gasteiger charge is 2.39. The van der Waals surface area contributed by atoms with Crippen molar-refractivity contribution >= 4 is 62.0 Å². The number of halogens is 1. The predicted octanol–water partition coefficient (Wildman–Crippen LogP) is 9.23. The van der Waals surface area contributed by atoms with Crippen molar-refractivity contribution in [3.63, 3.8) is 0 Å². The monoisotopic (exact) mass is 588 g/mol. The molecule has 5 aromatic rings. The van der Waals surface area contributed by atoms with Crippen LogP contribution >= 0.6 is 23.2 Å². The van der Waals surface area contributed by atoms with E-state index in [0.717, 1.165) is 22.1 Å². The lowest BCUT2D eigenvalue weighted by molar-refractivity contribution is 0.0697. The molecule has 0 fully saturated rings. The van der Waals surface area contributed by atoms with Crippen LogP contribution in [-0.2, 0) is 6.54 Å². The molecule has 0 saturated heterocycles. The maximum absolute atomic E-state index is 11.5. The third-order valence-electron chi connectivity index (χ3n) is 6.75. The van der Waals surface area contributed by atoms with Gasteiger partial charge in [0.05, 0.1) is 11.3 Å². The van der Waals surface area contributed by atoms with Gasteiger partial charge < -0.3 is 14.2 Å². The molecule has 38 heavy (non-hydrogen) atoms. The third-order valence-corrected chi connectivity index (χ3v) is 11.1. The Kier molecular flexibility index (Phi) is 6.97. The molecule has 1 aromatic heterocycles. The molecule has 194 valence electrons. The smallest absolute Gasteiger partial charge is 0.335 e. The van der Waals surface area contributed by atoms with Gasteiger partial charge in [-0.1, -0.05) is 54.9 Å². The van der Waals surface area contributed by atoms with Crippen LogP contribution in [0.1, 0.15) is 38.1 Å². The summed E-state index contributed by atoms with van der Waals surface area (Å²) < 4.78 is 15.6. The zero-order chi connectivity index (χ0) is 27.1. The Hall–Kier alpha value is -3.34. The largest absolute Gasteiger partial charge is 0.478 e. The highest BCUT2D eigenvalue weighted by Crippen LogP contribution is 2.62. The minimum Gasteiger partial charge on any atom is -0.478 e. The number of hydrogen-bond acceptors (Lipinski definition) is 3. The number of fused-ring (bicyclic) bond motifs is 3. The Morgan fingerprint density at radius 1 is 0.921 bits per heavy atom. The van der Waals surface area contributed by atoms with E-state index in [0.29, 0.717) is 5.69 Å². The zero-order valence-corrected chi connectivity index (χ0v) is 24.3. The Bertz CT molecular complexity index is 1700. The third kappa shape index (κ3) is 4.68. The fraction of sp³-hybridized carbons (Fsp3) is 0.194. The molecule has 7 heteroatoms. The van der Waals surface area contributed by atoms with E-state index >= 15 is 0 Å². The molecule has 0 radical (unpaired) electrons. The SMILES string of the molecule is CCn1c2ccccc2c2cc([P@](=Nc3ccc(C(=O)O)cc3)(Oc3ccc(Br)cc3)C(C)(C)C)ccc21. The van der Waals surface area contributed by atoms with Crippen molar-refractivity contribution in [1.82, 2.24) is 4.57 Å². The first-order valence-corrected chi connectivity index (χ1v) is 15.0. The molecule has 0 amide bonds. The summed E-state index contributed by atoms with van der Waals surface area (Å²) in [4.78, 5) is 11.5.